The van der Waals surface area contributed by atoms with E-state index in [9.17, 15) is 13.0 Å². The first-order valence-electron chi connectivity index (χ1n) is 10.5. The van der Waals surface area contributed by atoms with E-state index in [-0.39, 0.29) is 16.5 Å². The number of sulfonamides is 1. The lowest BCUT2D eigenvalue weighted by atomic mass is 10.2. The summed E-state index contributed by atoms with van der Waals surface area (Å²) in [6.07, 6.45) is 0. The molecule has 0 saturated carbocycles. The van der Waals surface area contributed by atoms with Gasteiger partial charge >= 0.3 is 7.60 Å². The van der Waals surface area contributed by atoms with Crippen LogP contribution in [0.4, 0.5) is 0 Å². The van der Waals surface area contributed by atoms with E-state index in [1.165, 1.54) is 6.07 Å². The van der Waals surface area contributed by atoms with Crippen LogP contribution in [0.3, 0.4) is 0 Å². The zero-order valence-electron chi connectivity index (χ0n) is 18.3. The van der Waals surface area contributed by atoms with Gasteiger partial charge in [-0.15, -0.1) is 0 Å². The second kappa shape index (κ2) is 10.2. The van der Waals surface area contributed by atoms with Gasteiger partial charge in [0.25, 0.3) is 10.0 Å². The summed E-state index contributed by atoms with van der Waals surface area (Å²) < 4.78 is 55.4. The molecule has 4 aromatic rings. The quantitative estimate of drug-likeness (QED) is 0.299. The van der Waals surface area contributed by atoms with E-state index < -0.39 is 23.4 Å². The predicted molar refractivity (Wildman–Crippen MR) is 130 cm³/mol. The van der Waals surface area contributed by atoms with E-state index in [1.54, 1.807) is 110 Å². The van der Waals surface area contributed by atoms with Crippen LogP contribution in [-0.4, -0.2) is 13.4 Å². The minimum absolute atomic E-state index is 0.195. The van der Waals surface area contributed by atoms with Gasteiger partial charge in [0.2, 0.25) is 0 Å². The molecule has 0 saturated heterocycles. The van der Waals surface area contributed by atoms with E-state index in [1.807, 2.05) is 0 Å². The highest BCUT2D eigenvalue weighted by Crippen LogP contribution is 2.59. The van der Waals surface area contributed by atoms with Gasteiger partial charge in [-0.3, -0.25) is 0 Å². The van der Waals surface area contributed by atoms with E-state index in [0.717, 1.165) is 0 Å². The molecule has 0 fully saturated rings. The number of hydrogen-bond donors (Lipinski definition) is 1. The Balaban J connectivity index is 1.82. The van der Waals surface area contributed by atoms with Gasteiger partial charge in [0.05, 0.1) is 0 Å². The first kappa shape index (κ1) is 23.7. The van der Waals surface area contributed by atoms with Crippen molar-refractivity contribution in [3.8, 4) is 11.5 Å². The molecule has 1 atom stereocenters. The van der Waals surface area contributed by atoms with Crippen molar-refractivity contribution in [2.75, 3.05) is 0 Å². The number of hydrogen-bond acceptors (Lipinski definition) is 6. The number of aromatic nitrogens is 1. The summed E-state index contributed by atoms with van der Waals surface area (Å²) in [5, 5.41) is -0.195. The molecule has 0 bridgehead atoms. The third-order valence-corrected chi connectivity index (χ3v) is 8.28. The topological polar surface area (TPSA) is 94.6 Å². The summed E-state index contributed by atoms with van der Waals surface area (Å²) in [5.74, 6) is -0.812. The van der Waals surface area contributed by atoms with Crippen LogP contribution in [0, 0.1) is 6.92 Å². The first-order chi connectivity index (χ1) is 16.4. The molecule has 7 nitrogen and oxygen atoms in total. The average Bonchev–Trinajstić information content (AvgIpc) is 2.84. The fourth-order valence-electron chi connectivity index (χ4n) is 3.21. The SMILES string of the molecule is Cc1cccc(S(=O)(=O)NC(c2ccccc2)P(=O)(Oc2ccccc2)Oc2ccccc2)n1. The van der Waals surface area contributed by atoms with Crippen LogP contribution in [0.25, 0.3) is 0 Å². The molecule has 0 radical (unpaired) electrons. The van der Waals surface area contributed by atoms with Gasteiger partial charge in [-0.2, -0.15) is 4.72 Å². The minimum Gasteiger partial charge on any atom is -0.415 e. The van der Waals surface area contributed by atoms with Gasteiger partial charge in [0.15, 0.2) is 10.8 Å². The zero-order chi connectivity index (χ0) is 24.0. The molecule has 3 aromatic carbocycles. The van der Waals surface area contributed by atoms with E-state index in [0.29, 0.717) is 11.3 Å². The molecule has 1 aromatic heterocycles. The number of para-hydroxylation sites is 2. The Bertz CT molecular complexity index is 1340. The largest absolute Gasteiger partial charge is 0.453 e. The van der Waals surface area contributed by atoms with Crippen LogP contribution in [0.15, 0.2) is 114 Å². The Morgan fingerprint density at radius 3 is 1.74 bits per heavy atom. The number of aryl methyl sites for hydroxylation is 1. The number of rotatable bonds is 9. The van der Waals surface area contributed by atoms with Gasteiger partial charge in [-0.1, -0.05) is 72.8 Å². The third-order valence-electron chi connectivity index (χ3n) is 4.79. The van der Waals surface area contributed by atoms with Gasteiger partial charge in [0.1, 0.15) is 11.5 Å². The minimum atomic E-state index is -4.24. The smallest absolute Gasteiger partial charge is 0.415 e. The van der Waals surface area contributed by atoms with Crippen LogP contribution in [0.2, 0.25) is 0 Å². The summed E-state index contributed by atoms with van der Waals surface area (Å²) in [6, 6.07) is 30.2. The normalized spacial score (nSPS) is 12.6. The van der Waals surface area contributed by atoms with E-state index in [2.05, 4.69) is 9.71 Å². The molecule has 0 aliphatic heterocycles. The van der Waals surface area contributed by atoms with Gasteiger partial charge in [-0.25, -0.2) is 18.0 Å². The lowest BCUT2D eigenvalue weighted by Gasteiger charge is -2.28. The molecule has 0 aliphatic carbocycles. The fourth-order valence-corrected chi connectivity index (χ4v) is 6.83. The van der Waals surface area contributed by atoms with E-state index in [4.69, 9.17) is 9.05 Å². The molecule has 1 unspecified atom stereocenters. The summed E-state index contributed by atoms with van der Waals surface area (Å²) >= 11 is 0. The number of nitrogens with zero attached hydrogens (tertiary/aromatic N) is 1. The standard InChI is InChI=1S/C25H23N2O5PS/c1-20-12-11-19-24(26-20)34(29,30)27-25(21-13-5-2-6-14-21)33(28,31-22-15-7-3-8-16-22)32-23-17-9-4-10-18-23/h2-19,25,27H,1H3. The first-order valence-corrected chi connectivity index (χ1v) is 13.6. The molecule has 9 heteroatoms. The average molecular weight is 495 g/mol. The Morgan fingerprint density at radius 2 is 1.24 bits per heavy atom. The Labute approximate surface area is 199 Å². The second-order valence-corrected chi connectivity index (χ2v) is 11.0. The Morgan fingerprint density at radius 1 is 0.735 bits per heavy atom. The molecular formula is C25H23N2O5PS. The third kappa shape index (κ3) is 5.72. The van der Waals surface area contributed by atoms with Crippen molar-refractivity contribution < 1.29 is 22.0 Å². The predicted octanol–water partition coefficient (Wildman–Crippen LogP) is 5.72. The molecule has 0 amide bonds. The number of nitrogens with one attached hydrogen (secondary N) is 1. The lowest BCUT2D eigenvalue weighted by molar-refractivity contribution is 0.368. The maximum Gasteiger partial charge on any atom is 0.453 e. The second-order valence-electron chi connectivity index (χ2n) is 7.40. The van der Waals surface area contributed by atoms with Crippen LogP contribution >= 0.6 is 7.60 Å². The summed E-state index contributed by atoms with van der Waals surface area (Å²) in [6.45, 7) is 1.69. The Hall–Kier alpha value is -3.45. The van der Waals surface area contributed by atoms with Crippen LogP contribution < -0.4 is 13.8 Å². The molecule has 34 heavy (non-hydrogen) atoms. The summed E-state index contributed by atoms with van der Waals surface area (Å²) in [7, 11) is -8.43. The van der Waals surface area contributed by atoms with Crippen LogP contribution in [-0.2, 0) is 14.6 Å². The van der Waals surface area contributed by atoms with Crippen molar-refractivity contribution in [2.24, 2.45) is 0 Å². The van der Waals surface area contributed by atoms with Crippen molar-refractivity contribution in [2.45, 2.75) is 17.7 Å². The van der Waals surface area contributed by atoms with Crippen molar-refractivity contribution in [3.63, 3.8) is 0 Å². The van der Waals surface area contributed by atoms with Crippen LogP contribution in [0.1, 0.15) is 17.0 Å². The summed E-state index contributed by atoms with van der Waals surface area (Å²) in [5.41, 5.74) is 0.942. The lowest BCUT2D eigenvalue weighted by Crippen LogP contribution is -2.31. The van der Waals surface area contributed by atoms with E-state index >= 15 is 0 Å². The van der Waals surface area contributed by atoms with Crippen molar-refractivity contribution >= 4 is 17.6 Å². The molecule has 1 N–H and O–H groups in total. The highest BCUT2D eigenvalue weighted by Gasteiger charge is 2.43. The molecular weight excluding hydrogens is 471 g/mol. The van der Waals surface area contributed by atoms with Crippen molar-refractivity contribution in [1.29, 1.82) is 0 Å². The molecule has 0 aliphatic rings. The highest BCUT2D eigenvalue weighted by molar-refractivity contribution is 7.89. The number of pyridine rings is 1. The Kier molecular flexibility index (Phi) is 7.12. The monoisotopic (exact) mass is 494 g/mol. The maximum absolute atomic E-state index is 14.4. The van der Waals surface area contributed by atoms with Gasteiger partial charge in [0, 0.05) is 5.69 Å². The molecule has 0 spiro atoms. The molecule has 174 valence electrons. The highest BCUT2D eigenvalue weighted by atomic mass is 32.2. The van der Waals surface area contributed by atoms with Crippen molar-refractivity contribution in [1.82, 2.24) is 9.71 Å². The molecule has 4 rings (SSSR count). The summed E-state index contributed by atoms with van der Waals surface area (Å²) in [4.78, 5) is 4.12. The van der Waals surface area contributed by atoms with Gasteiger partial charge < -0.3 is 9.05 Å². The van der Waals surface area contributed by atoms with Crippen molar-refractivity contribution in [3.05, 3.63) is 120 Å². The zero-order valence-corrected chi connectivity index (χ0v) is 20.0. The van der Waals surface area contributed by atoms with Gasteiger partial charge in [-0.05, 0) is 48.9 Å². The van der Waals surface area contributed by atoms with Crippen LogP contribution in [0.5, 0.6) is 11.5 Å². The fraction of sp³-hybridized carbons (Fsp3) is 0.0800. The molecule has 1 heterocycles. The maximum atomic E-state index is 14.4. The number of benzene rings is 3.